The van der Waals surface area contributed by atoms with Crippen molar-refractivity contribution < 1.29 is 32.7 Å². The van der Waals surface area contributed by atoms with E-state index in [1.165, 1.54) is 13.2 Å². The maximum atomic E-state index is 15.2. The summed E-state index contributed by atoms with van der Waals surface area (Å²) >= 11 is 0. The Labute approximate surface area is 281 Å². The van der Waals surface area contributed by atoms with Gasteiger partial charge in [-0.05, 0) is 49.6 Å². The van der Waals surface area contributed by atoms with Crippen molar-refractivity contribution in [1.82, 2.24) is 25.4 Å². The number of nitrogens with zero attached hydrogens (tertiary/aromatic N) is 3. The van der Waals surface area contributed by atoms with Crippen LogP contribution in [-0.2, 0) is 30.5 Å². The van der Waals surface area contributed by atoms with Crippen LogP contribution in [0, 0.1) is 5.92 Å². The molecular formula is C35H48F2N6O5. The molecule has 1 aliphatic heterocycles. The first kappa shape index (κ1) is 36.7. The lowest BCUT2D eigenvalue weighted by Gasteiger charge is -2.40. The predicted molar refractivity (Wildman–Crippen MR) is 178 cm³/mol. The first-order valence-electron chi connectivity index (χ1n) is 16.6. The minimum absolute atomic E-state index is 0.131. The second kappa shape index (κ2) is 15.8. The number of ether oxygens (including phenoxy) is 1. The molecule has 0 bridgehead atoms. The van der Waals surface area contributed by atoms with Crippen molar-refractivity contribution >= 4 is 29.3 Å². The first-order chi connectivity index (χ1) is 22.8. The quantitative estimate of drug-likeness (QED) is 0.313. The first-order valence-corrected chi connectivity index (χ1v) is 16.6. The van der Waals surface area contributed by atoms with Crippen LogP contribution in [0.2, 0.25) is 0 Å². The highest BCUT2D eigenvalue weighted by Gasteiger charge is 2.45. The Balaban J connectivity index is 1.51. The lowest BCUT2D eigenvalue weighted by Crippen LogP contribution is -2.60. The fraction of sp³-hybridized carbons (Fsp3) is 0.571. The van der Waals surface area contributed by atoms with Gasteiger partial charge in [-0.3, -0.25) is 19.2 Å². The van der Waals surface area contributed by atoms with Gasteiger partial charge >= 0.3 is 5.92 Å². The summed E-state index contributed by atoms with van der Waals surface area (Å²) in [5.74, 6) is -6.66. The van der Waals surface area contributed by atoms with Crippen LogP contribution in [0.25, 0.3) is 0 Å². The second-order valence-electron chi connectivity index (χ2n) is 13.3. The summed E-state index contributed by atoms with van der Waals surface area (Å²) in [6.45, 7) is 8.14. The van der Waals surface area contributed by atoms with Crippen LogP contribution in [0.5, 0.6) is 5.88 Å². The molecule has 4 rings (SSSR count). The zero-order valence-electron chi connectivity index (χ0n) is 28.5. The molecule has 2 heterocycles. The van der Waals surface area contributed by atoms with Crippen LogP contribution >= 0.6 is 0 Å². The van der Waals surface area contributed by atoms with Gasteiger partial charge in [0.05, 0.1) is 7.11 Å². The molecule has 13 heteroatoms. The van der Waals surface area contributed by atoms with E-state index in [9.17, 15) is 19.2 Å². The highest BCUT2D eigenvalue weighted by Crippen LogP contribution is 2.33. The second-order valence-corrected chi connectivity index (χ2v) is 13.3. The summed E-state index contributed by atoms with van der Waals surface area (Å²) in [7, 11) is 3.36. The number of nitrogens with one attached hydrogen (secondary N) is 3. The van der Waals surface area contributed by atoms with Gasteiger partial charge in [-0.2, -0.15) is 8.78 Å². The maximum Gasteiger partial charge on any atom is 0.351 e. The summed E-state index contributed by atoms with van der Waals surface area (Å²) in [5.41, 5.74) is -0.259. The van der Waals surface area contributed by atoms with E-state index >= 15 is 8.78 Å². The zero-order valence-corrected chi connectivity index (χ0v) is 28.5. The average Bonchev–Trinajstić information content (AvgIpc) is 3.09. The van der Waals surface area contributed by atoms with E-state index in [2.05, 4.69) is 25.8 Å². The summed E-state index contributed by atoms with van der Waals surface area (Å²) in [6.07, 6.45) is 4.98. The molecule has 0 unspecified atom stereocenters. The van der Waals surface area contributed by atoms with Crippen molar-refractivity contribution in [3.8, 4) is 5.88 Å². The molecule has 11 nitrogen and oxygen atoms in total. The van der Waals surface area contributed by atoms with E-state index in [0.29, 0.717) is 31.6 Å². The third kappa shape index (κ3) is 8.66. The molecular weight excluding hydrogens is 622 g/mol. The lowest BCUT2D eigenvalue weighted by atomic mass is 9.76. The lowest BCUT2D eigenvalue weighted by molar-refractivity contribution is -0.149. The van der Waals surface area contributed by atoms with Gasteiger partial charge in [0.25, 0.3) is 5.91 Å². The van der Waals surface area contributed by atoms with E-state index in [-0.39, 0.29) is 30.0 Å². The van der Waals surface area contributed by atoms with Gasteiger partial charge in [-0.1, -0.05) is 52.2 Å². The molecule has 2 aromatic rings. The van der Waals surface area contributed by atoms with Crippen LogP contribution in [0.15, 0.2) is 42.6 Å². The number of methoxy groups -OCH3 is 1. The molecule has 1 saturated carbocycles. The maximum absolute atomic E-state index is 15.2. The van der Waals surface area contributed by atoms with Crippen molar-refractivity contribution in [3.63, 3.8) is 0 Å². The molecule has 0 spiro atoms. The van der Waals surface area contributed by atoms with Crippen LogP contribution in [0.3, 0.4) is 0 Å². The number of rotatable bonds is 12. The third-order valence-corrected chi connectivity index (χ3v) is 9.59. The minimum atomic E-state index is -3.93. The molecule has 2 atom stereocenters. The average molecular weight is 671 g/mol. The van der Waals surface area contributed by atoms with E-state index in [1.807, 2.05) is 20.9 Å². The van der Waals surface area contributed by atoms with Crippen molar-refractivity contribution in [2.45, 2.75) is 82.7 Å². The topological polar surface area (TPSA) is 133 Å². The number of benzene rings is 1. The van der Waals surface area contributed by atoms with Gasteiger partial charge in [-0.15, -0.1) is 0 Å². The largest absolute Gasteiger partial charge is 0.481 e. The number of halogens is 2. The summed E-state index contributed by atoms with van der Waals surface area (Å²) in [5, 5.41) is 8.09. The van der Waals surface area contributed by atoms with Gasteiger partial charge in [0.2, 0.25) is 23.6 Å². The number of pyridine rings is 1. The Bertz CT molecular complexity index is 1420. The molecule has 0 radical (unpaired) electrons. The Morgan fingerprint density at radius 2 is 1.56 bits per heavy atom. The van der Waals surface area contributed by atoms with Crippen LogP contribution in [0.4, 0.5) is 14.5 Å². The highest BCUT2D eigenvalue weighted by atomic mass is 19.3. The fourth-order valence-corrected chi connectivity index (χ4v) is 6.31. The number of piperazine rings is 1. The summed E-state index contributed by atoms with van der Waals surface area (Å²) < 4.78 is 35.4. The SMILES string of the molecule is CCC(=O)N[C@@H](C(=O)N1CCN(C)CC1)C(C)(C)c1ccc(NC(=O)[C@@H](NC(=O)C(F)(F)c2ccc(OC)nc2)C2CCCCC2)cc1. The Hall–Kier alpha value is -4.13. The van der Waals surface area contributed by atoms with E-state index < -0.39 is 40.8 Å². The number of carbonyl (C=O) groups excluding carboxylic acids is 4. The predicted octanol–water partition coefficient (Wildman–Crippen LogP) is 3.83. The number of likely N-dealkylation sites (N-methyl/N-ethyl adjacent to an activating group) is 1. The highest BCUT2D eigenvalue weighted by molar-refractivity contribution is 5.98. The molecule has 3 N–H and O–H groups in total. The van der Waals surface area contributed by atoms with Crippen LogP contribution in [-0.4, -0.2) is 90.8 Å². The van der Waals surface area contributed by atoms with Crippen molar-refractivity contribution in [2.24, 2.45) is 5.92 Å². The number of carbonyl (C=O) groups is 4. The Morgan fingerprint density at radius 1 is 0.938 bits per heavy atom. The smallest absolute Gasteiger partial charge is 0.351 e. The van der Waals surface area contributed by atoms with E-state index in [0.717, 1.165) is 50.2 Å². The summed E-state index contributed by atoms with van der Waals surface area (Å²) in [6, 6.07) is 7.21. The molecule has 1 aliphatic carbocycles. The summed E-state index contributed by atoms with van der Waals surface area (Å²) in [4.78, 5) is 60.6. The number of hydrogen-bond donors (Lipinski definition) is 3. The van der Waals surface area contributed by atoms with E-state index in [1.54, 1.807) is 36.1 Å². The fourth-order valence-electron chi connectivity index (χ4n) is 6.31. The zero-order chi connectivity index (χ0) is 35.1. The Kier molecular flexibility index (Phi) is 12.1. The molecule has 1 aromatic heterocycles. The van der Waals surface area contributed by atoms with Crippen molar-refractivity contribution in [2.75, 3.05) is 45.7 Å². The normalized spacial score (nSPS) is 17.6. The molecule has 48 heavy (non-hydrogen) atoms. The van der Waals surface area contributed by atoms with Crippen LogP contribution < -0.4 is 20.7 Å². The van der Waals surface area contributed by atoms with Gasteiger partial charge in [0.1, 0.15) is 12.1 Å². The van der Waals surface area contributed by atoms with Gasteiger partial charge in [0.15, 0.2) is 0 Å². The number of hydrogen-bond acceptors (Lipinski definition) is 7. The number of amides is 4. The number of aromatic nitrogens is 1. The van der Waals surface area contributed by atoms with Gasteiger partial charge in [0, 0.05) is 61.5 Å². The molecule has 2 aliphatic rings. The third-order valence-electron chi connectivity index (χ3n) is 9.59. The van der Waals surface area contributed by atoms with Crippen molar-refractivity contribution in [3.05, 3.63) is 53.7 Å². The van der Waals surface area contributed by atoms with Crippen LogP contribution in [0.1, 0.15) is 70.4 Å². The Morgan fingerprint density at radius 3 is 2.12 bits per heavy atom. The molecule has 4 amide bonds. The number of alkyl halides is 2. The van der Waals surface area contributed by atoms with Gasteiger partial charge in [-0.25, -0.2) is 4.98 Å². The number of anilines is 1. The molecule has 1 aromatic carbocycles. The standard InChI is InChI=1S/C35H48F2N6O5/c1-6-27(44)40-30(32(46)43-20-18-42(4)19-21-43)34(2,3)24-12-15-26(16-13-24)39-31(45)29(23-10-8-7-9-11-23)41-33(47)35(36,37)25-14-17-28(48-5)38-22-25/h12-17,22-23,29-30H,6-11,18-21H2,1-5H3,(H,39,45)(H,40,44)(H,41,47)/t29-,30-/m0/s1. The van der Waals surface area contributed by atoms with Crippen molar-refractivity contribution in [1.29, 1.82) is 0 Å². The van der Waals surface area contributed by atoms with E-state index in [4.69, 9.17) is 4.74 Å². The van der Waals surface area contributed by atoms with Gasteiger partial charge < -0.3 is 30.5 Å². The monoisotopic (exact) mass is 670 g/mol. The molecule has 2 fully saturated rings. The minimum Gasteiger partial charge on any atom is -0.481 e. The molecule has 262 valence electrons. The molecule has 1 saturated heterocycles.